The molecule has 0 aliphatic carbocycles. The Labute approximate surface area is 216 Å². The quantitative estimate of drug-likeness (QED) is 0.317. The van der Waals surface area contributed by atoms with Gasteiger partial charge in [-0.15, -0.1) is 12.4 Å². The lowest BCUT2D eigenvalue weighted by Crippen LogP contribution is -2.42. The number of nitrogens with zero attached hydrogens (tertiary/aromatic N) is 2. The average molecular weight is 552 g/mol. The maximum absolute atomic E-state index is 13.9. The lowest BCUT2D eigenvalue weighted by atomic mass is 9.89. The number of halogens is 8. The largest absolute Gasteiger partial charge is 0.416 e. The second kappa shape index (κ2) is 11.4. The van der Waals surface area contributed by atoms with Gasteiger partial charge in [-0.05, 0) is 49.1 Å². The van der Waals surface area contributed by atoms with E-state index >= 15 is 0 Å². The van der Waals surface area contributed by atoms with Crippen molar-refractivity contribution in [3.05, 3.63) is 76.7 Å². The fourth-order valence-corrected chi connectivity index (χ4v) is 4.75. The summed E-state index contributed by atoms with van der Waals surface area (Å²) in [7, 11) is 0. The van der Waals surface area contributed by atoms with E-state index in [0.717, 1.165) is 17.7 Å². The Morgan fingerprint density at radius 1 is 1.06 bits per heavy atom. The molecule has 1 aliphatic rings. The van der Waals surface area contributed by atoms with Crippen molar-refractivity contribution in [1.29, 1.82) is 0 Å². The molecule has 196 valence electrons. The summed E-state index contributed by atoms with van der Waals surface area (Å²) in [6, 6.07) is 12.0. The molecule has 0 bridgehead atoms. The number of H-pyrrole nitrogens is 1. The number of hydrogen-bond acceptors (Lipinski definition) is 2. The zero-order valence-corrected chi connectivity index (χ0v) is 20.6. The van der Waals surface area contributed by atoms with E-state index in [1.165, 1.54) is 12.3 Å². The maximum atomic E-state index is 13.9. The minimum atomic E-state index is -4.46. The number of aromatic nitrogens is 2. The Morgan fingerprint density at radius 2 is 1.81 bits per heavy atom. The van der Waals surface area contributed by atoms with Gasteiger partial charge in [0, 0.05) is 30.1 Å². The predicted molar refractivity (Wildman–Crippen MR) is 129 cm³/mol. The van der Waals surface area contributed by atoms with Crippen LogP contribution in [0.3, 0.4) is 0 Å². The Morgan fingerprint density at radius 3 is 2.50 bits per heavy atom. The molecular weight excluding hydrogens is 527 g/mol. The molecule has 0 saturated carbocycles. The van der Waals surface area contributed by atoms with Gasteiger partial charge < -0.3 is 9.88 Å². The van der Waals surface area contributed by atoms with Gasteiger partial charge in [0.15, 0.2) is 0 Å². The van der Waals surface area contributed by atoms with Crippen LogP contribution in [0.2, 0.25) is 5.02 Å². The number of likely N-dealkylation sites (tertiary alicyclic amines) is 1. The normalized spacial score (nSPS) is 18.0. The first-order chi connectivity index (χ1) is 16.5. The number of alkyl halides is 6. The zero-order valence-electron chi connectivity index (χ0n) is 19.0. The SMILES string of the molecule is Cl.FC(F)(F)c1cccc(C2CCCN(CC(Cc3ncc(-c4cccc(Cl)c4)[nH]3)C(F)(F)F)C2)c1. The van der Waals surface area contributed by atoms with E-state index < -0.39 is 23.8 Å². The summed E-state index contributed by atoms with van der Waals surface area (Å²) < 4.78 is 81.1. The summed E-state index contributed by atoms with van der Waals surface area (Å²) in [4.78, 5) is 8.80. The average Bonchev–Trinajstić information content (AvgIpc) is 3.27. The van der Waals surface area contributed by atoms with E-state index in [-0.39, 0.29) is 43.7 Å². The molecule has 1 N–H and O–H groups in total. The standard InChI is InChI=1S/C25H24ClF6N3.ClH/c26-21-8-2-5-17(11-21)22-13-33-23(34-22)12-20(25(30,31)32)15-35-9-3-6-18(14-35)16-4-1-7-19(10-16)24(27,28)29;/h1-2,4-5,7-8,10-11,13,18,20H,3,6,9,12,14-15H2,(H,33,34);1H. The van der Waals surface area contributed by atoms with Gasteiger partial charge in [0.25, 0.3) is 0 Å². The van der Waals surface area contributed by atoms with Crippen molar-refractivity contribution in [1.82, 2.24) is 14.9 Å². The lowest BCUT2D eigenvalue weighted by molar-refractivity contribution is -0.180. The molecule has 1 aliphatic heterocycles. The summed E-state index contributed by atoms with van der Waals surface area (Å²) in [5, 5.41) is 0.507. The Balaban J connectivity index is 0.00000361. The number of rotatable bonds is 6. The Kier molecular flexibility index (Phi) is 9.01. The fraction of sp³-hybridized carbons (Fsp3) is 0.400. The molecule has 0 radical (unpaired) electrons. The van der Waals surface area contributed by atoms with Crippen LogP contribution in [0.1, 0.15) is 35.7 Å². The van der Waals surface area contributed by atoms with E-state index in [0.29, 0.717) is 35.7 Å². The minimum Gasteiger partial charge on any atom is -0.342 e. The maximum Gasteiger partial charge on any atom is 0.416 e. The molecule has 1 aromatic heterocycles. The van der Waals surface area contributed by atoms with Crippen molar-refractivity contribution in [2.45, 2.75) is 37.5 Å². The molecule has 2 unspecified atom stereocenters. The monoisotopic (exact) mass is 551 g/mol. The molecule has 2 aromatic carbocycles. The van der Waals surface area contributed by atoms with Crippen LogP contribution in [-0.4, -0.2) is 40.7 Å². The minimum absolute atomic E-state index is 0. The molecule has 2 heterocycles. The molecule has 1 fully saturated rings. The second-order valence-corrected chi connectivity index (χ2v) is 9.35. The zero-order chi connectivity index (χ0) is 25.2. The molecule has 36 heavy (non-hydrogen) atoms. The summed E-state index contributed by atoms with van der Waals surface area (Å²) in [5.74, 6) is -1.70. The second-order valence-electron chi connectivity index (χ2n) is 8.92. The van der Waals surface area contributed by atoms with E-state index in [2.05, 4.69) is 9.97 Å². The van der Waals surface area contributed by atoms with Gasteiger partial charge in [-0.25, -0.2) is 4.98 Å². The number of nitrogens with one attached hydrogen (secondary N) is 1. The first kappa shape index (κ1) is 28.3. The lowest BCUT2D eigenvalue weighted by Gasteiger charge is -2.35. The third-order valence-electron chi connectivity index (χ3n) is 6.34. The van der Waals surface area contributed by atoms with Crippen LogP contribution in [0.25, 0.3) is 11.3 Å². The van der Waals surface area contributed by atoms with Crippen LogP contribution in [0.5, 0.6) is 0 Å². The van der Waals surface area contributed by atoms with Gasteiger partial charge >= 0.3 is 12.4 Å². The number of piperidine rings is 1. The van der Waals surface area contributed by atoms with Gasteiger partial charge in [0.1, 0.15) is 5.82 Å². The Bertz CT molecular complexity index is 1150. The molecule has 0 spiro atoms. The highest BCUT2D eigenvalue weighted by Crippen LogP contribution is 2.35. The van der Waals surface area contributed by atoms with Crippen molar-refractivity contribution in [3.8, 4) is 11.3 Å². The van der Waals surface area contributed by atoms with Gasteiger partial charge in [0.05, 0.1) is 23.4 Å². The van der Waals surface area contributed by atoms with Crippen molar-refractivity contribution in [3.63, 3.8) is 0 Å². The molecule has 1 saturated heterocycles. The van der Waals surface area contributed by atoms with Crippen LogP contribution >= 0.6 is 24.0 Å². The van der Waals surface area contributed by atoms with Crippen LogP contribution in [0, 0.1) is 5.92 Å². The first-order valence-corrected chi connectivity index (χ1v) is 11.6. The van der Waals surface area contributed by atoms with Crippen molar-refractivity contribution < 1.29 is 26.3 Å². The smallest absolute Gasteiger partial charge is 0.342 e. The highest BCUT2D eigenvalue weighted by atomic mass is 35.5. The molecule has 2 atom stereocenters. The number of imidazole rings is 1. The molecule has 4 rings (SSSR count). The van der Waals surface area contributed by atoms with Crippen LogP contribution < -0.4 is 0 Å². The predicted octanol–water partition coefficient (Wildman–Crippen LogP) is 7.77. The van der Waals surface area contributed by atoms with Crippen molar-refractivity contribution in [2.75, 3.05) is 19.6 Å². The summed E-state index contributed by atoms with van der Waals surface area (Å²) in [6.07, 6.45) is -6.50. The Hall–Kier alpha value is -2.23. The van der Waals surface area contributed by atoms with Gasteiger partial charge in [0.2, 0.25) is 0 Å². The molecule has 0 amide bonds. The van der Waals surface area contributed by atoms with E-state index in [4.69, 9.17) is 11.6 Å². The molecule has 11 heteroatoms. The van der Waals surface area contributed by atoms with E-state index in [9.17, 15) is 26.3 Å². The third-order valence-corrected chi connectivity index (χ3v) is 6.57. The van der Waals surface area contributed by atoms with Gasteiger partial charge in [-0.3, -0.25) is 0 Å². The molecular formula is C25H25Cl2F6N3. The van der Waals surface area contributed by atoms with Crippen LogP contribution in [-0.2, 0) is 12.6 Å². The van der Waals surface area contributed by atoms with Crippen LogP contribution in [0.4, 0.5) is 26.3 Å². The number of aromatic amines is 1. The van der Waals surface area contributed by atoms with Crippen molar-refractivity contribution in [2.24, 2.45) is 5.92 Å². The molecule has 3 nitrogen and oxygen atoms in total. The summed E-state index contributed by atoms with van der Waals surface area (Å²) in [5.41, 5.74) is 1.06. The van der Waals surface area contributed by atoms with Gasteiger partial charge in [-0.1, -0.05) is 41.9 Å². The number of benzene rings is 2. The highest BCUT2D eigenvalue weighted by molar-refractivity contribution is 6.30. The topological polar surface area (TPSA) is 31.9 Å². The molecule has 3 aromatic rings. The van der Waals surface area contributed by atoms with Gasteiger partial charge in [-0.2, -0.15) is 26.3 Å². The summed E-state index contributed by atoms with van der Waals surface area (Å²) >= 11 is 6.00. The number of hydrogen-bond donors (Lipinski definition) is 1. The summed E-state index contributed by atoms with van der Waals surface area (Å²) in [6.45, 7) is 0.500. The van der Waals surface area contributed by atoms with E-state index in [1.807, 2.05) is 0 Å². The highest BCUT2D eigenvalue weighted by Gasteiger charge is 2.41. The van der Waals surface area contributed by atoms with Crippen LogP contribution in [0.15, 0.2) is 54.7 Å². The fourth-order valence-electron chi connectivity index (χ4n) is 4.56. The van der Waals surface area contributed by atoms with E-state index in [1.54, 1.807) is 35.2 Å². The first-order valence-electron chi connectivity index (χ1n) is 11.2. The van der Waals surface area contributed by atoms with Crippen molar-refractivity contribution >= 4 is 24.0 Å². The third kappa shape index (κ3) is 7.17.